The van der Waals surface area contributed by atoms with E-state index in [1.807, 2.05) is 20.8 Å². The third-order valence-corrected chi connectivity index (χ3v) is 11.9. The van der Waals surface area contributed by atoms with E-state index in [9.17, 15) is 29.7 Å². The molecule has 1 heterocycles. The van der Waals surface area contributed by atoms with Crippen LogP contribution in [0.4, 0.5) is 0 Å². The number of methoxy groups -OCH3 is 1. The van der Waals surface area contributed by atoms with Gasteiger partial charge in [0.15, 0.2) is 11.9 Å². The lowest BCUT2D eigenvalue weighted by molar-refractivity contribution is -0.302. The molecule has 11 atom stereocenters. The molecule has 1 aromatic carbocycles. The molecular weight excluding hydrogens is 565 g/mol. The van der Waals surface area contributed by atoms with Gasteiger partial charge in [0.25, 0.3) is 7.41 Å². The third-order valence-electron chi connectivity index (χ3n) is 11.9. The van der Waals surface area contributed by atoms with E-state index < -0.39 is 70.1 Å². The number of esters is 1. The van der Waals surface area contributed by atoms with E-state index in [2.05, 4.69) is 12.2 Å². The van der Waals surface area contributed by atoms with E-state index in [1.54, 1.807) is 44.2 Å². The highest BCUT2D eigenvalue weighted by Crippen LogP contribution is 2.67. The second-order valence-electron chi connectivity index (χ2n) is 14.3. The predicted octanol–water partition coefficient (Wildman–Crippen LogP) is 1.64. The van der Waals surface area contributed by atoms with Crippen LogP contribution in [0.1, 0.15) is 66.0 Å². The Morgan fingerprint density at radius 1 is 1.20 bits per heavy atom. The van der Waals surface area contributed by atoms with Crippen LogP contribution in [-0.4, -0.2) is 90.5 Å². The van der Waals surface area contributed by atoms with Crippen LogP contribution >= 0.6 is 0 Å². The van der Waals surface area contributed by atoms with E-state index in [1.165, 1.54) is 7.11 Å². The van der Waals surface area contributed by atoms with Crippen molar-refractivity contribution in [1.82, 2.24) is 5.23 Å². The Bertz CT molecular complexity index is 1340. The van der Waals surface area contributed by atoms with Gasteiger partial charge in [-0.3, -0.25) is 4.79 Å². The highest BCUT2D eigenvalue weighted by atomic mass is 16.6. The molecule has 10 nitrogen and oxygen atoms in total. The number of hydrogen-bond donors (Lipinski definition) is 4. The molecule has 4 N–H and O–H groups in total. The van der Waals surface area contributed by atoms with Crippen molar-refractivity contribution in [3.8, 4) is 0 Å². The molecule has 0 aromatic heterocycles. The first-order chi connectivity index (χ1) is 20.6. The van der Waals surface area contributed by atoms with Gasteiger partial charge in [-0.05, 0) is 42.4 Å². The third kappa shape index (κ3) is 4.57. The van der Waals surface area contributed by atoms with Crippen molar-refractivity contribution in [2.75, 3.05) is 13.7 Å². The van der Waals surface area contributed by atoms with Gasteiger partial charge in [-0.1, -0.05) is 58.0 Å². The normalized spacial score (nSPS) is 40.7. The molecule has 0 unspecified atom stereocenters. The SMILES string of the molecule is CO[C@H]1C(=O)[C@@]2(C)[C@H]([C@H](C)[C@]3(O)C[C@H](OC(=O)[C@H](O)[C@@H](NBC=O)c4ccccc4)C(C)=C1C3(C)C)[C@]1(C)CO[C@@H]1C[C@@H]2O. The van der Waals surface area contributed by atoms with E-state index in [-0.39, 0.29) is 25.7 Å². The molecule has 1 aromatic rings. The highest BCUT2D eigenvalue weighted by Gasteiger charge is 2.73. The number of nitrogens with one attached hydrogen (secondary N) is 1. The average molecular weight is 612 g/mol. The van der Waals surface area contributed by atoms with Gasteiger partial charge in [0.05, 0.1) is 42.1 Å². The molecule has 240 valence electrons. The van der Waals surface area contributed by atoms with Crippen molar-refractivity contribution in [2.24, 2.45) is 28.1 Å². The standard InChI is InChI=1S/C33H46BNO9/c1-17-20(44-29(40)25(38)24(35-34-16-36)19-11-9-8-10-12-19)14-33(41)18(2)27-31(5)15-43-22(31)13-21(37)32(27,6)28(39)26(42-7)23(17)30(33,3)4/h8-12,16,18,20-22,24-27,34-35,37-38,41H,13-15H2,1-7H3/t18-,20-,21-,22+,24-,25+,26+,27+,31+,32+,33+/m0/s1. The topological polar surface area (TPSA) is 152 Å². The fraction of sp³-hybridized carbons (Fsp3) is 0.667. The van der Waals surface area contributed by atoms with E-state index in [0.29, 0.717) is 35.9 Å². The molecule has 5 rings (SSSR count). The second-order valence-corrected chi connectivity index (χ2v) is 14.3. The summed E-state index contributed by atoms with van der Waals surface area (Å²) in [7, 11) is 1.35. The van der Waals surface area contributed by atoms with E-state index >= 15 is 0 Å². The average Bonchev–Trinajstić information content (AvgIpc) is 2.99. The maximum absolute atomic E-state index is 14.7. The van der Waals surface area contributed by atoms with Crippen molar-refractivity contribution < 1.29 is 43.9 Å². The molecule has 2 saturated carbocycles. The number of ketones is 1. The van der Waals surface area contributed by atoms with Crippen molar-refractivity contribution >= 4 is 25.4 Å². The molecule has 44 heavy (non-hydrogen) atoms. The zero-order valence-electron chi connectivity index (χ0n) is 26.7. The van der Waals surface area contributed by atoms with Crippen LogP contribution in [0.25, 0.3) is 0 Å². The minimum absolute atomic E-state index is 0.0155. The minimum atomic E-state index is -1.66. The van der Waals surface area contributed by atoms with Gasteiger partial charge in [0.1, 0.15) is 12.2 Å². The van der Waals surface area contributed by atoms with Gasteiger partial charge in [0, 0.05) is 30.8 Å². The lowest BCUT2D eigenvalue weighted by Crippen LogP contribution is -2.75. The van der Waals surface area contributed by atoms with Gasteiger partial charge in [-0.2, -0.15) is 0 Å². The molecule has 2 bridgehead atoms. The van der Waals surface area contributed by atoms with Gasteiger partial charge in [-0.15, -0.1) is 0 Å². The lowest BCUT2D eigenvalue weighted by Gasteiger charge is -2.68. The number of rotatable bonds is 8. The summed E-state index contributed by atoms with van der Waals surface area (Å²) in [5, 5.41) is 38.5. The van der Waals surface area contributed by atoms with Gasteiger partial charge < -0.3 is 39.6 Å². The number of ether oxygens (including phenoxy) is 3. The van der Waals surface area contributed by atoms with Crippen LogP contribution in [0.15, 0.2) is 41.5 Å². The Labute approximate surface area is 259 Å². The zero-order valence-corrected chi connectivity index (χ0v) is 26.7. The van der Waals surface area contributed by atoms with Crippen LogP contribution in [0.5, 0.6) is 0 Å². The smallest absolute Gasteiger partial charge is 0.337 e. The Kier molecular flexibility index (Phi) is 8.57. The molecule has 1 aliphatic heterocycles. The Hall–Kier alpha value is -2.41. The summed E-state index contributed by atoms with van der Waals surface area (Å²) in [5.41, 5.74) is -2.51. The summed E-state index contributed by atoms with van der Waals surface area (Å²) < 4.78 is 17.8. The summed E-state index contributed by atoms with van der Waals surface area (Å²) in [6.07, 6.45) is -4.01. The molecule has 1 saturated heterocycles. The molecule has 0 radical (unpaired) electrons. The van der Waals surface area contributed by atoms with E-state index in [0.717, 1.165) is 0 Å². The summed E-state index contributed by atoms with van der Waals surface area (Å²) in [4.78, 5) is 39.4. The summed E-state index contributed by atoms with van der Waals surface area (Å²) in [6, 6.07) is 7.89. The summed E-state index contributed by atoms with van der Waals surface area (Å²) in [6.45, 7) is 11.7. The summed E-state index contributed by atoms with van der Waals surface area (Å²) in [5.74, 6) is -2.19. The second kappa shape index (κ2) is 11.4. The van der Waals surface area contributed by atoms with Crippen molar-refractivity contribution in [2.45, 2.75) is 96.5 Å². The molecule has 3 fully saturated rings. The van der Waals surface area contributed by atoms with Gasteiger partial charge in [0.2, 0.25) is 0 Å². The monoisotopic (exact) mass is 611 g/mol. The lowest BCUT2D eigenvalue weighted by atomic mass is 9.40. The Balaban J connectivity index is 1.58. The minimum Gasteiger partial charge on any atom is -0.456 e. The van der Waals surface area contributed by atoms with Gasteiger partial charge in [-0.25, -0.2) is 4.79 Å². The molecule has 3 aliphatic carbocycles. The number of carbonyl (C=O) groups excluding carboxylic acids is 3. The van der Waals surface area contributed by atoms with E-state index in [4.69, 9.17) is 14.2 Å². The first kappa shape index (κ1) is 33.0. The maximum atomic E-state index is 14.7. The largest absolute Gasteiger partial charge is 0.456 e. The molecular formula is C33H46BNO9. The highest BCUT2D eigenvalue weighted by molar-refractivity contribution is 6.64. The van der Waals surface area contributed by atoms with Crippen LogP contribution in [0.3, 0.4) is 0 Å². The van der Waals surface area contributed by atoms with Crippen LogP contribution in [0.2, 0.25) is 0 Å². The zero-order chi connectivity index (χ0) is 32.4. The number of Topliss-reactive ketones (excluding diaryl/α,β-unsaturated/α-hetero) is 1. The number of fused-ring (bicyclic) bond motifs is 5. The van der Waals surface area contributed by atoms with Crippen LogP contribution < -0.4 is 5.23 Å². The molecule has 0 spiro atoms. The van der Waals surface area contributed by atoms with Gasteiger partial charge >= 0.3 is 5.97 Å². The number of carbonyl (C=O) groups is 3. The predicted molar refractivity (Wildman–Crippen MR) is 163 cm³/mol. The molecule has 11 heteroatoms. The molecule has 0 amide bonds. The van der Waals surface area contributed by atoms with Crippen LogP contribution in [-0.2, 0) is 28.6 Å². The Morgan fingerprint density at radius 3 is 2.43 bits per heavy atom. The number of aliphatic hydroxyl groups is 3. The molecule has 4 aliphatic rings. The summed E-state index contributed by atoms with van der Waals surface area (Å²) >= 11 is 0. The quantitative estimate of drug-likeness (QED) is 0.148. The number of benzene rings is 1. The number of hydrogen-bond acceptors (Lipinski definition) is 10. The van der Waals surface area contributed by atoms with Crippen molar-refractivity contribution in [1.29, 1.82) is 0 Å². The van der Waals surface area contributed by atoms with Crippen molar-refractivity contribution in [3.05, 3.63) is 47.0 Å². The van der Waals surface area contributed by atoms with Crippen LogP contribution in [0, 0.1) is 28.1 Å². The Morgan fingerprint density at radius 2 is 1.86 bits per heavy atom. The maximum Gasteiger partial charge on any atom is 0.337 e. The first-order valence-electron chi connectivity index (χ1n) is 15.5. The fourth-order valence-corrected chi connectivity index (χ4v) is 9.36. The fourth-order valence-electron chi connectivity index (χ4n) is 9.36. The first-order valence-corrected chi connectivity index (χ1v) is 15.5. The number of aliphatic hydroxyl groups excluding tert-OH is 2. The van der Waals surface area contributed by atoms with Crippen molar-refractivity contribution in [3.63, 3.8) is 0 Å².